The van der Waals surface area contributed by atoms with Crippen LogP contribution in [0.3, 0.4) is 0 Å². The van der Waals surface area contributed by atoms with Crippen LogP contribution in [0.25, 0.3) is 10.8 Å². The highest BCUT2D eigenvalue weighted by molar-refractivity contribution is 7.86. The molecule has 0 saturated heterocycles. The van der Waals surface area contributed by atoms with E-state index in [0.29, 0.717) is 11.1 Å². The molecule has 0 radical (unpaired) electrons. The van der Waals surface area contributed by atoms with E-state index < -0.39 is 30.0 Å². The van der Waals surface area contributed by atoms with Crippen molar-refractivity contribution in [3.05, 3.63) is 24.3 Å². The zero-order valence-corrected chi connectivity index (χ0v) is 14.8. The van der Waals surface area contributed by atoms with Gasteiger partial charge in [-0.05, 0) is 30.5 Å². The highest BCUT2D eigenvalue weighted by atomic mass is 32.2. The molecule has 8 nitrogen and oxygen atoms in total. The number of hydrogen-bond donors (Lipinski definition) is 2. The van der Waals surface area contributed by atoms with Gasteiger partial charge in [0, 0.05) is 31.2 Å². The number of benzene rings is 2. The summed E-state index contributed by atoms with van der Waals surface area (Å²) in [5.74, 6) is 0.174. The monoisotopic (exact) mass is 375 g/mol. The predicted molar refractivity (Wildman–Crippen MR) is 89.1 cm³/mol. The van der Waals surface area contributed by atoms with Gasteiger partial charge in [-0.2, -0.15) is 16.8 Å². The molecule has 2 rings (SSSR count). The van der Waals surface area contributed by atoms with Crippen molar-refractivity contribution in [2.75, 3.05) is 25.6 Å². The molecule has 0 unspecified atom stereocenters. The van der Waals surface area contributed by atoms with Crippen LogP contribution >= 0.6 is 0 Å². The topological polar surface area (TPSA) is 121 Å². The van der Waals surface area contributed by atoms with Crippen molar-refractivity contribution in [3.8, 4) is 5.75 Å². The van der Waals surface area contributed by atoms with Gasteiger partial charge in [-0.15, -0.1) is 0 Å². The molecule has 0 atom stereocenters. The van der Waals surface area contributed by atoms with Crippen LogP contribution in [0.4, 0.5) is 5.69 Å². The molecular weight excluding hydrogens is 358 g/mol. The molecule has 2 aromatic rings. The van der Waals surface area contributed by atoms with E-state index in [0.717, 1.165) is 12.1 Å². The third-order valence-corrected chi connectivity index (χ3v) is 4.98. The lowest BCUT2D eigenvalue weighted by atomic mass is 10.1. The Morgan fingerprint density at radius 1 is 0.958 bits per heavy atom. The van der Waals surface area contributed by atoms with E-state index in [4.69, 9.17) is 4.74 Å². The van der Waals surface area contributed by atoms with E-state index in [1.165, 1.54) is 12.1 Å². The van der Waals surface area contributed by atoms with Crippen molar-refractivity contribution in [1.29, 1.82) is 0 Å². The maximum atomic E-state index is 11.5. The Bertz CT molecular complexity index is 990. The Morgan fingerprint density at radius 2 is 1.46 bits per heavy atom. The smallest absolute Gasteiger partial charge is 0.294 e. The van der Waals surface area contributed by atoms with Crippen LogP contribution < -0.4 is 9.64 Å². The van der Waals surface area contributed by atoms with Gasteiger partial charge in [0.05, 0.1) is 16.4 Å². The van der Waals surface area contributed by atoms with Crippen molar-refractivity contribution in [3.63, 3.8) is 0 Å². The second-order valence-electron chi connectivity index (χ2n) is 5.24. The number of anilines is 1. The third-order valence-electron chi connectivity index (χ3n) is 3.32. The first-order valence-electron chi connectivity index (χ1n) is 6.82. The molecular formula is C14H17NO7S2. The normalized spacial score (nSPS) is 12.4. The van der Waals surface area contributed by atoms with E-state index in [1.54, 1.807) is 25.9 Å². The van der Waals surface area contributed by atoms with Gasteiger partial charge in [0.15, 0.2) is 0 Å². The first-order valence-corrected chi connectivity index (χ1v) is 9.70. The van der Waals surface area contributed by atoms with Crippen molar-refractivity contribution in [2.24, 2.45) is 0 Å². The zero-order chi connectivity index (χ0) is 18.3. The minimum absolute atomic E-state index is 0.174. The molecule has 10 heteroatoms. The van der Waals surface area contributed by atoms with Gasteiger partial charge < -0.3 is 9.64 Å². The molecule has 2 aromatic carbocycles. The van der Waals surface area contributed by atoms with Gasteiger partial charge in [-0.25, -0.2) is 0 Å². The van der Waals surface area contributed by atoms with Crippen molar-refractivity contribution < 1.29 is 30.7 Å². The predicted octanol–water partition coefficient (Wildman–Crippen LogP) is 1.80. The second kappa shape index (κ2) is 6.20. The number of ether oxygens (including phenoxy) is 1. The fourth-order valence-corrected chi connectivity index (χ4v) is 3.39. The summed E-state index contributed by atoms with van der Waals surface area (Å²) in [5, 5.41) is 0.647. The van der Waals surface area contributed by atoms with Crippen LogP contribution in [0, 0.1) is 0 Å². The fourth-order valence-electron chi connectivity index (χ4n) is 2.32. The maximum Gasteiger partial charge on any atom is 0.294 e. The molecule has 0 saturated carbocycles. The number of hydrogen-bond acceptors (Lipinski definition) is 6. The van der Waals surface area contributed by atoms with Gasteiger partial charge in [0.2, 0.25) is 0 Å². The van der Waals surface area contributed by atoms with E-state index >= 15 is 0 Å². The summed E-state index contributed by atoms with van der Waals surface area (Å²) in [5.41, 5.74) is 0.408. The summed E-state index contributed by atoms with van der Waals surface area (Å²) in [6.45, 7) is 1.94. The Labute approximate surface area is 140 Å². The Morgan fingerprint density at radius 3 is 1.88 bits per heavy atom. The van der Waals surface area contributed by atoms with Crippen LogP contribution in [-0.4, -0.2) is 46.6 Å². The van der Waals surface area contributed by atoms with Crippen LogP contribution in [0.5, 0.6) is 5.75 Å². The summed E-state index contributed by atoms with van der Waals surface area (Å²) >= 11 is 0. The second-order valence-corrected chi connectivity index (χ2v) is 8.08. The van der Waals surface area contributed by atoms with E-state index in [9.17, 15) is 25.9 Å². The fraction of sp³-hybridized carbons (Fsp3) is 0.286. The van der Waals surface area contributed by atoms with Crippen LogP contribution in [-0.2, 0) is 20.2 Å². The Hall–Kier alpha value is -1.88. The first kappa shape index (κ1) is 18.5. The number of nitrogens with zero attached hydrogens (tertiary/aromatic N) is 1. The molecule has 24 heavy (non-hydrogen) atoms. The van der Waals surface area contributed by atoms with Crippen LogP contribution in [0.2, 0.25) is 0 Å². The summed E-state index contributed by atoms with van der Waals surface area (Å²) in [6.07, 6.45) is 0. The minimum Gasteiger partial charge on any atom is -0.493 e. The van der Waals surface area contributed by atoms with Crippen molar-refractivity contribution in [1.82, 2.24) is 0 Å². The Balaban J connectivity index is 3.02. The summed E-state index contributed by atoms with van der Waals surface area (Å²) < 4.78 is 69.9. The maximum absolute atomic E-state index is 11.5. The lowest BCUT2D eigenvalue weighted by Gasteiger charge is -2.19. The van der Waals surface area contributed by atoms with E-state index in [1.807, 2.05) is 0 Å². The van der Waals surface area contributed by atoms with Gasteiger partial charge >= 0.3 is 0 Å². The van der Waals surface area contributed by atoms with Crippen molar-refractivity contribution in [2.45, 2.75) is 16.7 Å². The molecule has 0 aliphatic rings. The number of rotatable bonds is 5. The lowest BCUT2D eigenvalue weighted by molar-refractivity contribution is 0.343. The molecule has 0 aliphatic carbocycles. The molecule has 0 amide bonds. The summed E-state index contributed by atoms with van der Waals surface area (Å²) in [6, 6.07) is 4.67. The SMILES string of the molecule is CCOc1cc(S(=O)(=O)O)cc2cc(S(=O)(=O)O)cc(N(C)C)c12. The average molecular weight is 375 g/mol. The zero-order valence-electron chi connectivity index (χ0n) is 13.2. The highest BCUT2D eigenvalue weighted by Crippen LogP contribution is 2.38. The Kier molecular flexibility index (Phi) is 4.77. The standard InChI is InChI=1S/C14H17NO7S2/c1-4-22-13-8-11(24(19,20)21)6-9-5-10(23(16,17)18)7-12(14(9)13)15(2)3/h5-8H,4H2,1-3H3,(H,16,17,18)(H,19,20,21). The van der Waals surface area contributed by atoms with Gasteiger partial charge in [0.25, 0.3) is 20.2 Å². The number of fused-ring (bicyclic) bond motifs is 1. The first-order chi connectivity index (χ1) is 10.9. The molecule has 0 fully saturated rings. The van der Waals surface area contributed by atoms with E-state index in [-0.39, 0.29) is 17.7 Å². The van der Waals surface area contributed by atoms with Crippen LogP contribution in [0.1, 0.15) is 6.92 Å². The molecule has 0 aromatic heterocycles. The molecule has 0 heterocycles. The average Bonchev–Trinajstić information content (AvgIpc) is 2.44. The molecule has 0 aliphatic heterocycles. The molecule has 132 valence electrons. The third kappa shape index (κ3) is 3.61. The van der Waals surface area contributed by atoms with Crippen molar-refractivity contribution >= 4 is 36.7 Å². The molecule has 2 N–H and O–H groups in total. The summed E-state index contributed by atoms with van der Waals surface area (Å²) in [4.78, 5) is 0.774. The molecule has 0 spiro atoms. The van der Waals surface area contributed by atoms with Gasteiger partial charge in [0.1, 0.15) is 5.75 Å². The molecule has 0 bridgehead atoms. The minimum atomic E-state index is -4.52. The van der Waals surface area contributed by atoms with Gasteiger partial charge in [-0.1, -0.05) is 0 Å². The highest BCUT2D eigenvalue weighted by Gasteiger charge is 2.21. The largest absolute Gasteiger partial charge is 0.493 e. The quantitative estimate of drug-likeness (QED) is 0.759. The summed E-state index contributed by atoms with van der Waals surface area (Å²) in [7, 11) is -5.70. The van der Waals surface area contributed by atoms with E-state index in [2.05, 4.69) is 0 Å². The van der Waals surface area contributed by atoms with Gasteiger partial charge in [-0.3, -0.25) is 9.11 Å². The van der Waals surface area contributed by atoms with Crippen LogP contribution in [0.15, 0.2) is 34.1 Å². The lowest BCUT2D eigenvalue weighted by Crippen LogP contribution is -2.12.